The van der Waals surface area contributed by atoms with E-state index in [1.807, 2.05) is 60.7 Å². The first-order valence-electron chi connectivity index (χ1n) is 18.4. The van der Waals surface area contributed by atoms with E-state index in [0.29, 0.717) is 53.3 Å². The molecule has 48 heavy (non-hydrogen) atoms. The molecule has 4 nitrogen and oxygen atoms in total. The van der Waals surface area contributed by atoms with Crippen LogP contribution in [-0.4, -0.2) is 32.0 Å². The van der Waals surface area contributed by atoms with Crippen LogP contribution in [-0.2, 0) is 20.1 Å². The van der Waals surface area contributed by atoms with Crippen LogP contribution in [0.15, 0.2) is 78.9 Å². The van der Waals surface area contributed by atoms with Crippen molar-refractivity contribution in [1.82, 2.24) is 9.55 Å². The number of benzene rings is 3. The number of fused-ring (bicyclic) bond motifs is 2. The topological polar surface area (TPSA) is 58.3 Å². The second-order valence-electron chi connectivity index (χ2n) is 15.8. The monoisotopic (exact) mass is 828 g/mol. The fraction of sp³-hybridized carbons (Fsp3) is 0.558. The van der Waals surface area contributed by atoms with E-state index in [9.17, 15) is 10.2 Å². The molecule has 1 heterocycles. The molecule has 0 spiro atoms. The second-order valence-corrected chi connectivity index (χ2v) is 15.8. The minimum absolute atomic E-state index is 0. The molecule has 1 radical (unpaired) electrons. The molecule has 2 aliphatic rings. The fourth-order valence-corrected chi connectivity index (χ4v) is 9.95. The Hall–Kier alpha value is -2.30. The van der Waals surface area contributed by atoms with Gasteiger partial charge < -0.3 is 14.8 Å². The van der Waals surface area contributed by atoms with Gasteiger partial charge in [-0.05, 0) is 103 Å². The molecule has 2 unspecified atom stereocenters. The maximum Gasteiger partial charge on any atom is 0.0774 e. The predicted octanol–water partition coefficient (Wildman–Crippen LogP) is 10.1. The summed E-state index contributed by atoms with van der Waals surface area (Å²) in [5, 5.41) is 22.8. The van der Waals surface area contributed by atoms with Crippen molar-refractivity contribution in [3.63, 3.8) is 0 Å². The molecule has 2 aliphatic carbocycles. The SMILES string of the molecule is CC(C)C(C(C)C)[C@H]1CCC2CC[C@H](C(C(C)C)C(C)C)C(O)C2C1O.[Ir].[c-]1ccccc1-c1nc2ccccc2n1-c1ccccc1. The minimum atomic E-state index is -0.332. The molecule has 2 fully saturated rings. The van der Waals surface area contributed by atoms with Crippen molar-refractivity contribution in [2.75, 3.05) is 0 Å². The third-order valence-electron chi connectivity index (χ3n) is 11.5. The molecule has 0 amide bonds. The molecule has 3 aromatic carbocycles. The normalized spacial score (nSPS) is 24.2. The van der Waals surface area contributed by atoms with E-state index in [2.05, 4.69) is 84.2 Å². The van der Waals surface area contributed by atoms with Crippen LogP contribution in [0.3, 0.4) is 0 Å². The maximum absolute atomic E-state index is 11.4. The number of para-hydroxylation sites is 3. The molecule has 4 aromatic rings. The summed E-state index contributed by atoms with van der Waals surface area (Å²) in [7, 11) is 0. The number of aliphatic hydroxyl groups is 2. The average molecular weight is 828 g/mol. The first kappa shape index (κ1) is 38.5. The Morgan fingerprint density at radius 3 is 1.65 bits per heavy atom. The van der Waals surface area contributed by atoms with Gasteiger partial charge in [-0.25, -0.2) is 0 Å². The third kappa shape index (κ3) is 8.18. The maximum atomic E-state index is 11.4. The van der Waals surface area contributed by atoms with Crippen LogP contribution in [0.2, 0.25) is 0 Å². The van der Waals surface area contributed by atoms with Crippen molar-refractivity contribution in [2.24, 2.45) is 59.2 Å². The molecular formula is C43H59IrN2O2-. The van der Waals surface area contributed by atoms with Gasteiger partial charge in [-0.1, -0.05) is 85.7 Å². The van der Waals surface area contributed by atoms with Gasteiger partial charge in [-0.3, -0.25) is 4.98 Å². The molecule has 6 rings (SSSR count). The smallest absolute Gasteiger partial charge is 0.0774 e. The zero-order chi connectivity index (χ0) is 33.8. The molecule has 2 N–H and O–H groups in total. The second kappa shape index (κ2) is 17.1. The third-order valence-corrected chi connectivity index (χ3v) is 11.5. The van der Waals surface area contributed by atoms with Gasteiger partial charge in [0.2, 0.25) is 0 Å². The number of rotatable bonds is 8. The molecule has 0 bridgehead atoms. The first-order valence-corrected chi connectivity index (χ1v) is 18.4. The summed E-state index contributed by atoms with van der Waals surface area (Å²) in [5.74, 6) is 5.66. The summed E-state index contributed by atoms with van der Waals surface area (Å²) in [6.45, 7) is 18.4. The van der Waals surface area contributed by atoms with Crippen LogP contribution < -0.4 is 0 Å². The first-order chi connectivity index (χ1) is 22.5. The van der Waals surface area contributed by atoms with Gasteiger partial charge in [0, 0.05) is 31.7 Å². The van der Waals surface area contributed by atoms with Crippen molar-refractivity contribution in [3.05, 3.63) is 84.9 Å². The van der Waals surface area contributed by atoms with Gasteiger partial charge in [0.1, 0.15) is 0 Å². The van der Waals surface area contributed by atoms with E-state index in [4.69, 9.17) is 4.98 Å². The summed E-state index contributed by atoms with van der Waals surface area (Å²) in [4.78, 5) is 4.79. The van der Waals surface area contributed by atoms with Crippen LogP contribution in [0.4, 0.5) is 0 Å². The molecule has 2 saturated carbocycles. The minimum Gasteiger partial charge on any atom is -0.392 e. The molecule has 0 saturated heterocycles. The largest absolute Gasteiger partial charge is 0.392 e. The Morgan fingerprint density at radius 2 is 1.15 bits per heavy atom. The molecule has 263 valence electrons. The van der Waals surface area contributed by atoms with Gasteiger partial charge in [0.05, 0.1) is 29.1 Å². The van der Waals surface area contributed by atoms with E-state index < -0.39 is 0 Å². The van der Waals surface area contributed by atoms with Gasteiger partial charge in [-0.2, -0.15) is 0 Å². The number of imidazole rings is 1. The quantitative estimate of drug-likeness (QED) is 0.174. The van der Waals surface area contributed by atoms with E-state index in [0.717, 1.165) is 41.0 Å². The molecule has 4 atom stereocenters. The van der Waals surface area contributed by atoms with Crippen molar-refractivity contribution in [3.8, 4) is 17.1 Å². The number of aromatic nitrogens is 2. The van der Waals surface area contributed by atoms with Crippen LogP contribution in [0.1, 0.15) is 81.1 Å². The Balaban J connectivity index is 0.000000216. The predicted molar refractivity (Wildman–Crippen MR) is 196 cm³/mol. The van der Waals surface area contributed by atoms with Crippen LogP contribution in [0.5, 0.6) is 0 Å². The number of aliphatic hydroxyl groups excluding tert-OH is 2. The number of hydrogen-bond acceptors (Lipinski definition) is 3. The number of nitrogens with zero attached hydrogens (tertiary/aromatic N) is 2. The Bertz CT molecular complexity index is 1480. The molecule has 1 aromatic heterocycles. The van der Waals surface area contributed by atoms with Crippen molar-refractivity contribution in [2.45, 2.75) is 93.3 Å². The van der Waals surface area contributed by atoms with Gasteiger partial charge in [-0.15, -0.1) is 35.9 Å². The molecule has 5 heteroatoms. The summed E-state index contributed by atoms with van der Waals surface area (Å²) >= 11 is 0. The van der Waals surface area contributed by atoms with Gasteiger partial charge in [0.15, 0.2) is 0 Å². The fourth-order valence-electron chi connectivity index (χ4n) is 9.95. The van der Waals surface area contributed by atoms with Gasteiger partial charge in [0.25, 0.3) is 0 Å². The standard InChI is InChI=1S/C24H46O2.C19H13N2.Ir/c1-13(2)20(14(3)4)18-11-9-17-10-12-19(21(15(5)6)16(7)8)24(26)22(17)23(18)25;1-3-9-15(10-4-1)19-20-17-13-7-8-14-18(17)21(19)16-11-5-2-6-12-16;/h13-26H,9-12H2,1-8H3;1-9,11-14H;/q;-1;/t17?,18-,19-,22?,23?,24?;;/m1../s1. The van der Waals surface area contributed by atoms with E-state index in [1.54, 1.807) is 0 Å². The summed E-state index contributed by atoms with van der Waals surface area (Å²) < 4.78 is 2.18. The Kier molecular flexibility index (Phi) is 13.7. The zero-order valence-corrected chi connectivity index (χ0v) is 32.8. The van der Waals surface area contributed by atoms with Crippen molar-refractivity contribution in [1.29, 1.82) is 0 Å². The molecule has 0 aliphatic heterocycles. The van der Waals surface area contributed by atoms with Crippen LogP contribution in [0, 0.1) is 65.2 Å². The average Bonchev–Trinajstić information content (AvgIpc) is 3.44. The summed E-state index contributed by atoms with van der Waals surface area (Å²) in [6.07, 6.45) is 4.00. The van der Waals surface area contributed by atoms with Crippen molar-refractivity contribution >= 4 is 11.0 Å². The van der Waals surface area contributed by atoms with E-state index in [-0.39, 0.29) is 38.2 Å². The number of hydrogen-bond donors (Lipinski definition) is 2. The zero-order valence-electron chi connectivity index (χ0n) is 30.4. The van der Waals surface area contributed by atoms with E-state index in [1.165, 1.54) is 12.8 Å². The van der Waals surface area contributed by atoms with Crippen molar-refractivity contribution < 1.29 is 30.3 Å². The van der Waals surface area contributed by atoms with Crippen LogP contribution >= 0.6 is 0 Å². The van der Waals surface area contributed by atoms with Crippen LogP contribution in [0.25, 0.3) is 28.1 Å². The summed E-state index contributed by atoms with van der Waals surface area (Å²) in [5.41, 5.74) is 4.21. The van der Waals surface area contributed by atoms with E-state index >= 15 is 0 Å². The molecular weight excluding hydrogens is 769 g/mol. The Labute approximate surface area is 304 Å². The summed E-state index contributed by atoms with van der Waals surface area (Å²) in [6, 6.07) is 29.7. The van der Waals surface area contributed by atoms with Gasteiger partial charge >= 0.3 is 0 Å². The Morgan fingerprint density at radius 1 is 0.646 bits per heavy atom.